The summed E-state index contributed by atoms with van der Waals surface area (Å²) in [4.78, 5) is 2.41. The summed E-state index contributed by atoms with van der Waals surface area (Å²) >= 11 is 3.02. The molecule has 1 fully saturated rings. The first kappa shape index (κ1) is 25.9. The standard InChI is InChI=1S/C26H27N9OS2/c1-17-15-20(28-31-23-10-11-25(37-23)35-12-4-5-13-35)7-8-21(17)29-27-19-6-9-22(18(2)14-19)30-33-26-34-32-24(38-26)16-36-3/h6-11,14-15H,4-5,12-13,16H2,1-3H3/b29-27+,31-28+,33-30+. The molecular weight excluding hydrogens is 518 g/mol. The number of azo groups is 3. The van der Waals surface area contributed by atoms with E-state index in [1.54, 1.807) is 18.4 Å². The lowest BCUT2D eigenvalue weighted by molar-refractivity contribution is 0.184. The first-order valence-electron chi connectivity index (χ1n) is 12.2. The van der Waals surface area contributed by atoms with Crippen LogP contribution in [0.3, 0.4) is 0 Å². The number of hydrogen-bond acceptors (Lipinski definition) is 12. The Kier molecular flexibility index (Phi) is 8.31. The molecule has 0 unspecified atom stereocenters. The molecule has 0 amide bonds. The molecule has 12 heteroatoms. The zero-order valence-corrected chi connectivity index (χ0v) is 23.0. The summed E-state index contributed by atoms with van der Waals surface area (Å²) in [6.07, 6.45) is 2.52. The average molecular weight is 546 g/mol. The van der Waals surface area contributed by atoms with Gasteiger partial charge in [-0.2, -0.15) is 10.2 Å². The summed E-state index contributed by atoms with van der Waals surface area (Å²) in [5, 5.41) is 37.6. The molecular formula is C26H27N9OS2. The molecule has 0 aliphatic carbocycles. The summed E-state index contributed by atoms with van der Waals surface area (Å²) < 4.78 is 5.05. The van der Waals surface area contributed by atoms with E-state index in [0.29, 0.717) is 11.7 Å². The lowest BCUT2D eigenvalue weighted by atomic mass is 10.2. The SMILES string of the molecule is COCc1nnc(/N=N/c2ccc(/N=N/c3ccc(/N=N/c4ccc(N5CCCC5)s4)cc3C)cc2C)s1. The van der Waals surface area contributed by atoms with Crippen molar-refractivity contribution in [1.29, 1.82) is 0 Å². The Morgan fingerprint density at radius 2 is 1.42 bits per heavy atom. The van der Waals surface area contributed by atoms with Crippen molar-refractivity contribution < 1.29 is 4.74 Å². The van der Waals surface area contributed by atoms with Crippen LogP contribution in [-0.2, 0) is 11.3 Å². The van der Waals surface area contributed by atoms with Gasteiger partial charge < -0.3 is 9.64 Å². The quantitative estimate of drug-likeness (QED) is 0.195. The fourth-order valence-electron chi connectivity index (χ4n) is 3.89. The van der Waals surface area contributed by atoms with Crippen LogP contribution >= 0.6 is 22.7 Å². The number of nitrogens with zero attached hydrogens (tertiary/aromatic N) is 9. The first-order chi connectivity index (χ1) is 18.6. The highest BCUT2D eigenvalue weighted by molar-refractivity contribution is 7.19. The Balaban J connectivity index is 1.21. The van der Waals surface area contributed by atoms with Gasteiger partial charge in [0.05, 0.1) is 27.8 Å². The Morgan fingerprint density at radius 1 is 0.763 bits per heavy atom. The van der Waals surface area contributed by atoms with Crippen LogP contribution in [0.25, 0.3) is 0 Å². The smallest absolute Gasteiger partial charge is 0.251 e. The van der Waals surface area contributed by atoms with Crippen molar-refractivity contribution in [2.75, 3.05) is 25.1 Å². The van der Waals surface area contributed by atoms with Crippen LogP contribution in [0.1, 0.15) is 29.0 Å². The van der Waals surface area contributed by atoms with Gasteiger partial charge in [-0.25, -0.2) is 0 Å². The van der Waals surface area contributed by atoms with Gasteiger partial charge in [0, 0.05) is 20.2 Å². The lowest BCUT2D eigenvalue weighted by Gasteiger charge is -2.13. The molecule has 0 spiro atoms. The van der Waals surface area contributed by atoms with E-state index in [1.807, 2.05) is 56.3 Å². The van der Waals surface area contributed by atoms with Gasteiger partial charge in [0.2, 0.25) is 0 Å². The third-order valence-corrected chi connectivity index (χ3v) is 7.67. The number of methoxy groups -OCH3 is 1. The predicted molar refractivity (Wildman–Crippen MR) is 151 cm³/mol. The second-order valence-electron chi connectivity index (χ2n) is 8.76. The summed E-state index contributed by atoms with van der Waals surface area (Å²) in [5.41, 5.74) is 4.93. The van der Waals surface area contributed by atoms with Gasteiger partial charge in [0.25, 0.3) is 5.13 Å². The number of ether oxygens (including phenoxy) is 1. The molecule has 0 saturated carbocycles. The molecule has 5 rings (SSSR count). The molecule has 10 nitrogen and oxygen atoms in total. The minimum Gasteiger partial charge on any atom is -0.377 e. The van der Waals surface area contributed by atoms with Crippen LogP contribution < -0.4 is 4.90 Å². The Labute approximate surface area is 228 Å². The molecule has 3 heterocycles. The first-order valence-corrected chi connectivity index (χ1v) is 13.8. The van der Waals surface area contributed by atoms with Gasteiger partial charge in [0.15, 0.2) is 0 Å². The number of aryl methyl sites for hydroxylation is 2. The monoisotopic (exact) mass is 545 g/mol. The Morgan fingerprint density at radius 3 is 2.08 bits per heavy atom. The highest BCUT2D eigenvalue weighted by atomic mass is 32.1. The zero-order valence-electron chi connectivity index (χ0n) is 21.4. The summed E-state index contributed by atoms with van der Waals surface area (Å²) in [5.74, 6) is 0. The molecule has 0 N–H and O–H groups in total. The lowest BCUT2D eigenvalue weighted by Crippen LogP contribution is -2.15. The summed E-state index contributed by atoms with van der Waals surface area (Å²) in [7, 11) is 1.62. The van der Waals surface area contributed by atoms with Gasteiger partial charge in [-0.1, -0.05) is 22.7 Å². The topological polar surface area (TPSA) is 112 Å². The molecule has 0 atom stereocenters. The van der Waals surface area contributed by atoms with Crippen LogP contribution in [0.15, 0.2) is 79.2 Å². The van der Waals surface area contributed by atoms with E-state index in [9.17, 15) is 0 Å². The molecule has 1 aliphatic rings. The number of hydrogen-bond donors (Lipinski definition) is 0. The Hall–Kier alpha value is -3.74. The maximum absolute atomic E-state index is 5.05. The highest BCUT2D eigenvalue weighted by Gasteiger charge is 2.14. The van der Waals surface area contributed by atoms with Gasteiger partial charge in [0.1, 0.15) is 16.6 Å². The van der Waals surface area contributed by atoms with E-state index in [-0.39, 0.29) is 0 Å². The minimum atomic E-state index is 0.410. The van der Waals surface area contributed by atoms with Gasteiger partial charge >= 0.3 is 0 Å². The van der Waals surface area contributed by atoms with Crippen molar-refractivity contribution in [3.8, 4) is 0 Å². The van der Waals surface area contributed by atoms with Crippen LogP contribution in [0.5, 0.6) is 0 Å². The maximum Gasteiger partial charge on any atom is 0.251 e. The Bertz CT molecular complexity index is 1490. The molecule has 2 aromatic carbocycles. The fraction of sp³-hybridized carbons (Fsp3) is 0.308. The molecule has 2 aromatic heterocycles. The second kappa shape index (κ2) is 12.2. The van der Waals surface area contributed by atoms with Crippen molar-refractivity contribution in [1.82, 2.24) is 10.2 Å². The van der Waals surface area contributed by atoms with E-state index in [1.165, 1.54) is 29.2 Å². The number of anilines is 1. The van der Waals surface area contributed by atoms with Crippen molar-refractivity contribution in [2.24, 2.45) is 30.7 Å². The maximum atomic E-state index is 5.05. The molecule has 0 radical (unpaired) electrons. The molecule has 38 heavy (non-hydrogen) atoms. The fourth-order valence-corrected chi connectivity index (χ4v) is 5.40. The van der Waals surface area contributed by atoms with Crippen LogP contribution in [0.2, 0.25) is 0 Å². The normalized spacial score (nSPS) is 14.1. The highest BCUT2D eigenvalue weighted by Crippen LogP contribution is 2.35. The van der Waals surface area contributed by atoms with E-state index >= 15 is 0 Å². The van der Waals surface area contributed by atoms with Crippen molar-refractivity contribution in [3.05, 3.63) is 64.7 Å². The third-order valence-electron chi connectivity index (χ3n) is 5.86. The summed E-state index contributed by atoms with van der Waals surface area (Å²) in [6.45, 7) is 6.61. The molecule has 194 valence electrons. The number of benzene rings is 2. The van der Waals surface area contributed by atoms with Gasteiger partial charge in [-0.05, 0) is 86.3 Å². The zero-order chi connectivity index (χ0) is 26.3. The van der Waals surface area contributed by atoms with Crippen LogP contribution in [0, 0.1) is 13.8 Å². The third kappa shape index (κ3) is 6.57. The van der Waals surface area contributed by atoms with E-state index in [2.05, 4.69) is 51.8 Å². The number of aromatic nitrogens is 2. The second-order valence-corrected chi connectivity index (χ2v) is 10.8. The van der Waals surface area contributed by atoms with Gasteiger partial charge in [-0.15, -0.1) is 30.7 Å². The van der Waals surface area contributed by atoms with Crippen LogP contribution in [-0.4, -0.2) is 30.4 Å². The number of thiophene rings is 1. The molecule has 0 bridgehead atoms. The minimum absolute atomic E-state index is 0.410. The predicted octanol–water partition coefficient (Wildman–Crippen LogP) is 9.21. The summed E-state index contributed by atoms with van der Waals surface area (Å²) in [6, 6.07) is 15.6. The van der Waals surface area contributed by atoms with E-state index < -0.39 is 0 Å². The van der Waals surface area contributed by atoms with E-state index in [4.69, 9.17) is 4.74 Å². The van der Waals surface area contributed by atoms with Gasteiger partial charge in [-0.3, -0.25) is 0 Å². The largest absolute Gasteiger partial charge is 0.377 e. The number of rotatable bonds is 9. The molecule has 1 saturated heterocycles. The van der Waals surface area contributed by atoms with E-state index in [0.717, 1.165) is 57.0 Å². The van der Waals surface area contributed by atoms with Crippen molar-refractivity contribution in [2.45, 2.75) is 33.3 Å². The molecule has 4 aromatic rings. The molecule has 1 aliphatic heterocycles. The van der Waals surface area contributed by atoms with Crippen LogP contribution in [0.4, 0.5) is 37.9 Å². The van der Waals surface area contributed by atoms with Crippen molar-refractivity contribution in [3.63, 3.8) is 0 Å². The average Bonchev–Trinajstić information content (AvgIpc) is 3.69. The van der Waals surface area contributed by atoms with Crippen molar-refractivity contribution >= 4 is 60.6 Å².